The van der Waals surface area contributed by atoms with E-state index >= 15 is 0 Å². The highest BCUT2D eigenvalue weighted by atomic mass is 16.5. The second-order valence-corrected chi connectivity index (χ2v) is 4.85. The van der Waals surface area contributed by atoms with Crippen molar-refractivity contribution in [3.05, 3.63) is 17.0 Å². The number of H-pyrrole nitrogens is 1. The molecule has 4 heteroatoms. The minimum Gasteiger partial charge on any atom is -0.376 e. The number of hydrogen-bond acceptors (Lipinski definition) is 3. The molecule has 3 rings (SSSR count). The number of nitrogens with zero attached hydrogens (tertiary/aromatic N) is 1. The highest BCUT2D eigenvalue weighted by molar-refractivity contribution is 5.26. The third-order valence-electron chi connectivity index (χ3n) is 3.66. The Hall–Kier alpha value is -0.870. The summed E-state index contributed by atoms with van der Waals surface area (Å²) in [6.45, 7) is 3.90. The number of piperidine rings is 1. The molecule has 0 spiro atoms. The maximum Gasteiger partial charge on any atom is 0.0753 e. The highest BCUT2D eigenvalue weighted by Gasteiger charge is 2.21. The summed E-state index contributed by atoms with van der Waals surface area (Å²) < 4.78 is 5.51. The van der Waals surface area contributed by atoms with E-state index < -0.39 is 0 Å². The Balaban J connectivity index is 1.71. The van der Waals surface area contributed by atoms with Crippen molar-refractivity contribution in [1.29, 1.82) is 0 Å². The molecule has 1 saturated heterocycles. The number of fused-ring (bicyclic) bond motifs is 1. The molecule has 2 N–H and O–H groups in total. The molecule has 4 nitrogen and oxygen atoms in total. The smallest absolute Gasteiger partial charge is 0.0753 e. The van der Waals surface area contributed by atoms with Crippen molar-refractivity contribution >= 4 is 0 Å². The number of hydrogen-bond donors (Lipinski definition) is 2. The normalized spacial score (nSPS) is 25.4. The van der Waals surface area contributed by atoms with Gasteiger partial charge in [0.1, 0.15) is 0 Å². The summed E-state index contributed by atoms with van der Waals surface area (Å²) in [5, 5.41) is 11.1. The summed E-state index contributed by atoms with van der Waals surface area (Å²) in [5.74, 6) is 0.753. The predicted molar refractivity (Wildman–Crippen MR) is 61.2 cm³/mol. The summed E-state index contributed by atoms with van der Waals surface area (Å²) >= 11 is 0. The van der Waals surface area contributed by atoms with Gasteiger partial charge in [-0.2, -0.15) is 5.10 Å². The van der Waals surface area contributed by atoms with E-state index in [1.807, 2.05) is 0 Å². The van der Waals surface area contributed by atoms with E-state index in [1.54, 1.807) is 0 Å². The zero-order chi connectivity index (χ0) is 10.8. The molecule has 16 heavy (non-hydrogen) atoms. The van der Waals surface area contributed by atoms with Gasteiger partial charge in [-0.1, -0.05) is 0 Å². The average Bonchev–Trinajstić information content (AvgIpc) is 2.74. The van der Waals surface area contributed by atoms with Gasteiger partial charge >= 0.3 is 0 Å². The van der Waals surface area contributed by atoms with Crippen LogP contribution in [0, 0.1) is 5.92 Å². The van der Waals surface area contributed by atoms with Crippen LogP contribution in [0.3, 0.4) is 0 Å². The standard InChI is InChI=1S/C12H19N3O/c1-2-9(7-13-4-1)6-12-10-8-16-5-3-11(10)14-15-12/h9,13H,1-8H2,(H,14,15). The lowest BCUT2D eigenvalue weighted by atomic mass is 9.93. The van der Waals surface area contributed by atoms with Crippen molar-refractivity contribution in [2.45, 2.75) is 32.3 Å². The zero-order valence-electron chi connectivity index (χ0n) is 9.59. The van der Waals surface area contributed by atoms with Gasteiger partial charge in [-0.05, 0) is 38.3 Å². The molecule has 1 unspecified atom stereocenters. The maximum absolute atomic E-state index is 5.51. The highest BCUT2D eigenvalue weighted by Crippen LogP contribution is 2.22. The van der Waals surface area contributed by atoms with Crippen molar-refractivity contribution < 1.29 is 4.74 Å². The Morgan fingerprint density at radius 1 is 1.44 bits per heavy atom. The summed E-state index contributed by atoms with van der Waals surface area (Å²) in [5.41, 5.74) is 3.87. The van der Waals surface area contributed by atoms with Gasteiger partial charge in [0.15, 0.2) is 0 Å². The minimum atomic E-state index is 0.751. The molecule has 1 fully saturated rings. The SMILES string of the molecule is C1CNCC(Cc2n[nH]c3c2COCC3)C1. The summed E-state index contributed by atoms with van der Waals surface area (Å²) in [7, 11) is 0. The first-order valence-corrected chi connectivity index (χ1v) is 6.27. The number of rotatable bonds is 2. The van der Waals surface area contributed by atoms with Crippen LogP contribution in [0.25, 0.3) is 0 Å². The topological polar surface area (TPSA) is 49.9 Å². The molecule has 0 bridgehead atoms. The van der Waals surface area contributed by atoms with E-state index in [4.69, 9.17) is 4.74 Å². The summed E-state index contributed by atoms with van der Waals surface area (Å²) in [6.07, 6.45) is 4.72. The van der Waals surface area contributed by atoms with Gasteiger partial charge in [-0.25, -0.2) is 0 Å². The Morgan fingerprint density at radius 3 is 3.31 bits per heavy atom. The van der Waals surface area contributed by atoms with Crippen LogP contribution in [0.4, 0.5) is 0 Å². The lowest BCUT2D eigenvalue weighted by Crippen LogP contribution is -2.31. The lowest BCUT2D eigenvalue weighted by Gasteiger charge is -2.22. The van der Waals surface area contributed by atoms with Gasteiger partial charge in [0.05, 0.1) is 18.9 Å². The predicted octanol–water partition coefficient (Wildman–Crippen LogP) is 1.02. The van der Waals surface area contributed by atoms with Crippen molar-refractivity contribution in [2.24, 2.45) is 5.92 Å². The molecule has 88 valence electrons. The Labute approximate surface area is 95.8 Å². The van der Waals surface area contributed by atoms with Crippen LogP contribution >= 0.6 is 0 Å². The van der Waals surface area contributed by atoms with Crippen LogP contribution in [-0.2, 0) is 24.2 Å². The van der Waals surface area contributed by atoms with E-state index in [2.05, 4.69) is 15.5 Å². The molecule has 3 heterocycles. The van der Waals surface area contributed by atoms with Gasteiger partial charge in [0, 0.05) is 17.7 Å². The van der Waals surface area contributed by atoms with Crippen LogP contribution in [0.5, 0.6) is 0 Å². The number of nitrogens with one attached hydrogen (secondary N) is 2. The number of aromatic nitrogens is 2. The summed E-state index contributed by atoms with van der Waals surface area (Å²) in [4.78, 5) is 0. The third-order valence-corrected chi connectivity index (χ3v) is 3.66. The average molecular weight is 221 g/mol. The molecule has 0 aliphatic carbocycles. The zero-order valence-corrected chi connectivity index (χ0v) is 9.59. The van der Waals surface area contributed by atoms with E-state index in [0.717, 1.165) is 38.5 Å². The van der Waals surface area contributed by atoms with E-state index in [-0.39, 0.29) is 0 Å². The van der Waals surface area contributed by atoms with Crippen LogP contribution in [-0.4, -0.2) is 29.9 Å². The van der Waals surface area contributed by atoms with Gasteiger partial charge < -0.3 is 10.1 Å². The minimum absolute atomic E-state index is 0.751. The van der Waals surface area contributed by atoms with Crippen molar-refractivity contribution in [3.8, 4) is 0 Å². The second-order valence-electron chi connectivity index (χ2n) is 4.85. The molecule has 0 amide bonds. The lowest BCUT2D eigenvalue weighted by molar-refractivity contribution is 0.109. The Kier molecular flexibility index (Phi) is 2.93. The van der Waals surface area contributed by atoms with Crippen molar-refractivity contribution in [3.63, 3.8) is 0 Å². The Bertz CT molecular complexity index is 355. The van der Waals surface area contributed by atoms with E-state index in [9.17, 15) is 0 Å². The first-order valence-electron chi connectivity index (χ1n) is 6.27. The summed E-state index contributed by atoms with van der Waals surface area (Å²) in [6, 6.07) is 0. The monoisotopic (exact) mass is 221 g/mol. The molecule has 0 saturated carbocycles. The fraction of sp³-hybridized carbons (Fsp3) is 0.750. The fourth-order valence-corrected chi connectivity index (χ4v) is 2.71. The van der Waals surface area contributed by atoms with Crippen LogP contribution < -0.4 is 5.32 Å². The van der Waals surface area contributed by atoms with Crippen LogP contribution in [0.1, 0.15) is 29.8 Å². The van der Waals surface area contributed by atoms with Crippen molar-refractivity contribution in [2.75, 3.05) is 19.7 Å². The first-order chi connectivity index (χ1) is 7.93. The number of ether oxygens (including phenoxy) is 1. The quantitative estimate of drug-likeness (QED) is 0.784. The first kappa shape index (κ1) is 10.3. The van der Waals surface area contributed by atoms with Gasteiger partial charge in [-0.15, -0.1) is 0 Å². The second kappa shape index (κ2) is 4.55. The Morgan fingerprint density at radius 2 is 2.44 bits per heavy atom. The van der Waals surface area contributed by atoms with E-state index in [0.29, 0.717) is 0 Å². The maximum atomic E-state index is 5.51. The van der Waals surface area contributed by atoms with E-state index in [1.165, 1.54) is 36.3 Å². The van der Waals surface area contributed by atoms with Crippen LogP contribution in [0.15, 0.2) is 0 Å². The molecule has 1 aromatic heterocycles. The molecule has 2 aliphatic rings. The van der Waals surface area contributed by atoms with Gasteiger partial charge in [0.2, 0.25) is 0 Å². The molecule has 1 atom stereocenters. The molecule has 1 aromatic rings. The molecule has 0 aromatic carbocycles. The molecular formula is C12H19N3O. The van der Waals surface area contributed by atoms with Crippen molar-refractivity contribution in [1.82, 2.24) is 15.5 Å². The molecule has 2 aliphatic heterocycles. The van der Waals surface area contributed by atoms with Gasteiger partial charge in [-0.3, -0.25) is 5.10 Å². The fourth-order valence-electron chi connectivity index (χ4n) is 2.71. The molecule has 0 radical (unpaired) electrons. The largest absolute Gasteiger partial charge is 0.376 e. The van der Waals surface area contributed by atoms with Gasteiger partial charge in [0.25, 0.3) is 0 Å². The number of aromatic amines is 1. The third kappa shape index (κ3) is 1.99. The van der Waals surface area contributed by atoms with Crippen LogP contribution in [0.2, 0.25) is 0 Å². The molecular weight excluding hydrogens is 202 g/mol.